The van der Waals surface area contributed by atoms with Crippen molar-refractivity contribution in [1.82, 2.24) is 14.5 Å². The fourth-order valence-corrected chi connectivity index (χ4v) is 3.16. The summed E-state index contributed by atoms with van der Waals surface area (Å²) in [5, 5.41) is 0.861. The van der Waals surface area contributed by atoms with E-state index in [9.17, 15) is 13.2 Å². The summed E-state index contributed by atoms with van der Waals surface area (Å²) < 4.78 is 41.6. The quantitative estimate of drug-likeness (QED) is 0.465. The zero-order valence-electron chi connectivity index (χ0n) is 15.3. The minimum Gasteiger partial charge on any atom is -0.331 e. The van der Waals surface area contributed by atoms with Crippen molar-refractivity contribution in [1.29, 1.82) is 0 Å². The normalized spacial score (nSPS) is 13.6. The zero-order valence-corrected chi connectivity index (χ0v) is 16.1. The second kappa shape index (κ2) is 7.28. The SMILES string of the molecule is C#CC(N=c1nc(C)n(C)c2cnc(Cl)cc12)c1cccc(C(F)(F)F)c1C. The summed E-state index contributed by atoms with van der Waals surface area (Å²) in [4.78, 5) is 13.0. The second-order valence-electron chi connectivity index (χ2n) is 6.28. The van der Waals surface area contributed by atoms with E-state index in [1.807, 2.05) is 11.6 Å². The molecule has 0 fully saturated rings. The monoisotopic (exact) mass is 404 g/mol. The molecule has 3 aromatic rings. The van der Waals surface area contributed by atoms with Gasteiger partial charge in [0, 0.05) is 12.4 Å². The van der Waals surface area contributed by atoms with Crippen molar-refractivity contribution in [3.63, 3.8) is 0 Å². The predicted octanol–water partition coefficient (Wildman–Crippen LogP) is 4.53. The predicted molar refractivity (Wildman–Crippen MR) is 102 cm³/mol. The Balaban J connectivity index is 2.28. The van der Waals surface area contributed by atoms with Crippen LogP contribution in [0.25, 0.3) is 10.9 Å². The molecule has 0 saturated heterocycles. The molecule has 2 heterocycles. The average Bonchev–Trinajstić information content (AvgIpc) is 2.63. The number of terminal acetylenes is 1. The van der Waals surface area contributed by atoms with Gasteiger partial charge in [-0.1, -0.05) is 29.7 Å². The van der Waals surface area contributed by atoms with Crippen LogP contribution < -0.4 is 5.49 Å². The molecule has 0 saturated carbocycles. The second-order valence-corrected chi connectivity index (χ2v) is 6.67. The summed E-state index contributed by atoms with van der Waals surface area (Å²) in [5.41, 5.74) is 0.644. The first-order chi connectivity index (χ1) is 13.1. The highest BCUT2D eigenvalue weighted by Crippen LogP contribution is 2.35. The van der Waals surface area contributed by atoms with E-state index in [1.165, 1.54) is 13.0 Å². The van der Waals surface area contributed by atoms with E-state index in [0.717, 1.165) is 11.6 Å². The molecule has 1 aromatic carbocycles. The fraction of sp³-hybridized carbons (Fsp3) is 0.250. The number of nitrogens with zero attached hydrogens (tertiary/aromatic N) is 4. The molecule has 0 aliphatic rings. The van der Waals surface area contributed by atoms with Gasteiger partial charge in [0.05, 0.1) is 17.3 Å². The van der Waals surface area contributed by atoms with Crippen molar-refractivity contribution in [2.45, 2.75) is 26.1 Å². The number of rotatable bonds is 2. The molecule has 1 unspecified atom stereocenters. The molecule has 28 heavy (non-hydrogen) atoms. The average molecular weight is 405 g/mol. The summed E-state index contributed by atoms with van der Waals surface area (Å²) in [7, 11) is 1.82. The van der Waals surface area contributed by atoms with Crippen LogP contribution in [-0.2, 0) is 13.2 Å². The van der Waals surface area contributed by atoms with Gasteiger partial charge in [0.2, 0.25) is 0 Å². The Bertz CT molecular complexity index is 1170. The number of halogens is 4. The first kappa shape index (κ1) is 19.9. The maximum Gasteiger partial charge on any atom is 0.416 e. The van der Waals surface area contributed by atoms with Gasteiger partial charge in [-0.3, -0.25) is 0 Å². The lowest BCUT2D eigenvalue weighted by Crippen LogP contribution is -2.18. The minimum absolute atomic E-state index is 0.0453. The Morgan fingerprint density at radius 1 is 1.29 bits per heavy atom. The summed E-state index contributed by atoms with van der Waals surface area (Å²) >= 11 is 6.01. The van der Waals surface area contributed by atoms with Gasteiger partial charge in [0.1, 0.15) is 17.0 Å². The standard InChI is InChI=1S/C20H16ClF3N4/c1-5-16(13-7-6-8-15(11(13)2)20(22,23)24)27-19-14-9-18(21)25-10-17(14)28(4)12(3)26-19/h1,6-10,16H,2-4H3. The number of pyridine rings is 1. The minimum atomic E-state index is -4.47. The molecule has 4 nitrogen and oxygen atoms in total. The largest absolute Gasteiger partial charge is 0.416 e. The van der Waals surface area contributed by atoms with Crippen LogP contribution in [0.2, 0.25) is 5.15 Å². The van der Waals surface area contributed by atoms with Gasteiger partial charge >= 0.3 is 6.18 Å². The molecule has 3 rings (SSSR count). The van der Waals surface area contributed by atoms with Crippen LogP contribution in [0.3, 0.4) is 0 Å². The maximum atomic E-state index is 13.3. The van der Waals surface area contributed by atoms with Crippen LogP contribution in [-0.4, -0.2) is 14.5 Å². The summed E-state index contributed by atoms with van der Waals surface area (Å²) in [5.74, 6) is 3.12. The number of aryl methyl sites for hydroxylation is 2. The molecule has 1 atom stereocenters. The van der Waals surface area contributed by atoms with Crippen LogP contribution in [0.5, 0.6) is 0 Å². The van der Waals surface area contributed by atoms with Gasteiger partial charge in [0.25, 0.3) is 0 Å². The molecule has 0 bridgehead atoms. The van der Waals surface area contributed by atoms with Crippen molar-refractivity contribution in [2.75, 3.05) is 0 Å². The number of hydrogen-bond acceptors (Lipinski definition) is 3. The molecule has 8 heteroatoms. The number of alkyl halides is 3. The molecule has 2 aromatic heterocycles. The van der Waals surface area contributed by atoms with Gasteiger partial charge in [-0.05, 0) is 37.1 Å². The summed E-state index contributed by atoms with van der Waals surface area (Å²) in [6, 6.07) is 4.57. The van der Waals surface area contributed by atoms with Crippen LogP contribution in [0.15, 0.2) is 35.5 Å². The van der Waals surface area contributed by atoms with Crippen molar-refractivity contribution < 1.29 is 13.2 Å². The maximum absolute atomic E-state index is 13.3. The van der Waals surface area contributed by atoms with Crippen LogP contribution in [0, 0.1) is 26.2 Å². The Labute approximate surface area is 164 Å². The third-order valence-electron chi connectivity index (χ3n) is 4.59. The smallest absolute Gasteiger partial charge is 0.331 e. The lowest BCUT2D eigenvalue weighted by Gasteiger charge is -2.16. The van der Waals surface area contributed by atoms with Crippen LogP contribution in [0.1, 0.15) is 28.6 Å². The molecule has 0 spiro atoms. The lowest BCUT2D eigenvalue weighted by atomic mass is 9.97. The first-order valence-corrected chi connectivity index (χ1v) is 8.67. The third-order valence-corrected chi connectivity index (χ3v) is 4.80. The molecule has 0 amide bonds. The van der Waals surface area contributed by atoms with E-state index in [4.69, 9.17) is 18.0 Å². The summed E-state index contributed by atoms with van der Waals surface area (Å²) in [6.07, 6.45) is 2.74. The molecule has 0 aliphatic carbocycles. The zero-order chi connectivity index (χ0) is 20.6. The van der Waals surface area contributed by atoms with E-state index >= 15 is 0 Å². The van der Waals surface area contributed by atoms with Crippen molar-refractivity contribution in [2.24, 2.45) is 12.0 Å². The Morgan fingerprint density at radius 2 is 2.00 bits per heavy atom. The van der Waals surface area contributed by atoms with Crippen molar-refractivity contribution in [3.8, 4) is 12.3 Å². The van der Waals surface area contributed by atoms with Gasteiger partial charge in [-0.15, -0.1) is 6.42 Å². The van der Waals surface area contributed by atoms with Crippen LogP contribution in [0.4, 0.5) is 13.2 Å². The Hall–Kier alpha value is -2.85. The van der Waals surface area contributed by atoms with Crippen molar-refractivity contribution >= 4 is 22.5 Å². The van der Waals surface area contributed by atoms with E-state index < -0.39 is 17.8 Å². The van der Waals surface area contributed by atoms with Gasteiger partial charge < -0.3 is 4.57 Å². The molecule has 144 valence electrons. The number of benzene rings is 1. The van der Waals surface area contributed by atoms with E-state index in [0.29, 0.717) is 22.3 Å². The van der Waals surface area contributed by atoms with E-state index in [1.54, 1.807) is 25.3 Å². The summed E-state index contributed by atoms with van der Waals surface area (Å²) in [6.45, 7) is 3.17. The number of fused-ring (bicyclic) bond motifs is 1. The molecular formula is C20H16ClF3N4. The highest BCUT2D eigenvalue weighted by atomic mass is 35.5. The Kier molecular flexibility index (Phi) is 5.18. The van der Waals surface area contributed by atoms with Gasteiger partial charge in [-0.25, -0.2) is 15.0 Å². The van der Waals surface area contributed by atoms with Gasteiger partial charge in [-0.2, -0.15) is 13.2 Å². The lowest BCUT2D eigenvalue weighted by molar-refractivity contribution is -0.138. The number of aromatic nitrogens is 3. The van der Waals surface area contributed by atoms with E-state index in [-0.39, 0.29) is 10.7 Å². The number of hydrogen-bond donors (Lipinski definition) is 0. The highest BCUT2D eigenvalue weighted by molar-refractivity contribution is 6.30. The molecule has 0 N–H and O–H groups in total. The molecule has 0 aliphatic heterocycles. The van der Waals surface area contributed by atoms with Crippen molar-refractivity contribution in [3.05, 3.63) is 63.6 Å². The first-order valence-electron chi connectivity index (χ1n) is 8.29. The topological polar surface area (TPSA) is 43.1 Å². The third kappa shape index (κ3) is 3.60. The molecular weight excluding hydrogens is 389 g/mol. The molecule has 0 radical (unpaired) electrons. The Morgan fingerprint density at radius 3 is 2.64 bits per heavy atom. The highest BCUT2D eigenvalue weighted by Gasteiger charge is 2.33. The van der Waals surface area contributed by atoms with Crippen LogP contribution >= 0.6 is 11.6 Å². The fourth-order valence-electron chi connectivity index (χ4n) is 3.01. The van der Waals surface area contributed by atoms with Gasteiger partial charge in [0.15, 0.2) is 5.49 Å². The van der Waals surface area contributed by atoms with E-state index in [2.05, 4.69) is 20.9 Å².